The average Bonchev–Trinajstić information content (AvgIpc) is 2.27. The minimum atomic E-state index is -4.38. The molecule has 1 aliphatic heterocycles. The normalized spacial score (nSPS) is 23.1. The summed E-state index contributed by atoms with van der Waals surface area (Å²) in [6.45, 7) is 4.08. The summed E-state index contributed by atoms with van der Waals surface area (Å²) in [5.74, 6) is -0.629. The first-order valence-electron chi connectivity index (χ1n) is 6.83. The van der Waals surface area contributed by atoms with E-state index in [-0.39, 0.29) is 32.4 Å². The number of nitrogens with zero attached hydrogens (tertiary/aromatic N) is 1. The van der Waals surface area contributed by atoms with E-state index in [1.165, 1.54) is 20.8 Å². The number of hydrogen-bond donors (Lipinski definition) is 0. The third-order valence-corrected chi connectivity index (χ3v) is 4.57. The molecule has 0 spiro atoms. The molecule has 0 aliphatic carbocycles. The van der Waals surface area contributed by atoms with Crippen molar-refractivity contribution in [2.24, 2.45) is 11.3 Å². The van der Waals surface area contributed by atoms with E-state index in [4.69, 9.17) is 0 Å². The zero-order valence-corrected chi connectivity index (χ0v) is 11.9. The van der Waals surface area contributed by atoms with E-state index in [9.17, 15) is 26.3 Å². The van der Waals surface area contributed by atoms with Crippen LogP contribution in [0.3, 0.4) is 0 Å². The molecule has 0 N–H and O–H groups in total. The highest BCUT2D eigenvalue weighted by molar-refractivity contribution is 4.95. The molecule has 1 heterocycles. The average molecular weight is 305 g/mol. The van der Waals surface area contributed by atoms with Crippen molar-refractivity contribution in [3.05, 3.63) is 0 Å². The zero-order valence-electron chi connectivity index (χ0n) is 11.9. The second kappa shape index (κ2) is 5.73. The van der Waals surface area contributed by atoms with Crippen molar-refractivity contribution < 1.29 is 26.3 Å². The Hall–Kier alpha value is -0.460. The Labute approximate surface area is 115 Å². The van der Waals surface area contributed by atoms with Gasteiger partial charge in [0.05, 0.1) is 5.41 Å². The van der Waals surface area contributed by atoms with E-state index in [0.717, 1.165) is 4.90 Å². The molecule has 0 radical (unpaired) electrons. The van der Waals surface area contributed by atoms with E-state index in [2.05, 4.69) is 0 Å². The summed E-state index contributed by atoms with van der Waals surface area (Å²) in [5.41, 5.74) is -1.85. The Balaban J connectivity index is 2.85. The molecular formula is C13H21F6N. The fourth-order valence-electron chi connectivity index (χ4n) is 3.12. The molecule has 1 nitrogen and oxygen atoms in total. The summed E-state index contributed by atoms with van der Waals surface area (Å²) in [7, 11) is 0. The molecule has 0 aromatic rings. The molecule has 7 heteroatoms. The van der Waals surface area contributed by atoms with Gasteiger partial charge >= 0.3 is 12.4 Å². The molecule has 0 bridgehead atoms. The first-order chi connectivity index (χ1) is 8.95. The Kier molecular flexibility index (Phi) is 5.04. The second-order valence-electron chi connectivity index (χ2n) is 5.81. The van der Waals surface area contributed by atoms with Gasteiger partial charge in [0.2, 0.25) is 0 Å². The van der Waals surface area contributed by atoms with Crippen LogP contribution in [0.4, 0.5) is 26.3 Å². The van der Waals surface area contributed by atoms with Crippen LogP contribution < -0.4 is 0 Å². The van der Waals surface area contributed by atoms with Crippen LogP contribution >= 0.6 is 0 Å². The van der Waals surface area contributed by atoms with Gasteiger partial charge in [-0.1, -0.05) is 20.8 Å². The van der Waals surface area contributed by atoms with Crippen LogP contribution in [0.15, 0.2) is 0 Å². The van der Waals surface area contributed by atoms with E-state index in [0.29, 0.717) is 0 Å². The molecule has 1 unspecified atom stereocenters. The van der Waals surface area contributed by atoms with Crippen molar-refractivity contribution in [3.63, 3.8) is 0 Å². The molecule has 0 saturated carbocycles. The van der Waals surface area contributed by atoms with Gasteiger partial charge in [-0.05, 0) is 38.3 Å². The molecular weight excluding hydrogens is 284 g/mol. The Bertz CT molecular complexity index is 312. The van der Waals surface area contributed by atoms with Crippen molar-refractivity contribution in [1.29, 1.82) is 0 Å². The minimum Gasteiger partial charge on any atom is -0.292 e. The predicted octanol–water partition coefficient (Wildman–Crippen LogP) is 4.63. The Morgan fingerprint density at radius 3 is 1.70 bits per heavy atom. The van der Waals surface area contributed by atoms with Crippen molar-refractivity contribution >= 4 is 0 Å². The van der Waals surface area contributed by atoms with E-state index in [1.807, 2.05) is 0 Å². The highest BCUT2D eigenvalue weighted by Gasteiger charge is 2.58. The molecule has 1 fully saturated rings. The summed E-state index contributed by atoms with van der Waals surface area (Å²) in [6, 6.07) is -1.64. The first-order valence-corrected chi connectivity index (χ1v) is 6.83. The lowest BCUT2D eigenvalue weighted by Crippen LogP contribution is -2.55. The lowest BCUT2D eigenvalue weighted by Gasteiger charge is -2.47. The van der Waals surface area contributed by atoms with Gasteiger partial charge in [-0.3, -0.25) is 4.90 Å². The van der Waals surface area contributed by atoms with Gasteiger partial charge in [-0.2, -0.15) is 26.3 Å². The van der Waals surface area contributed by atoms with E-state index >= 15 is 0 Å². The van der Waals surface area contributed by atoms with Crippen molar-refractivity contribution in [3.8, 4) is 0 Å². The molecule has 1 rings (SSSR count). The van der Waals surface area contributed by atoms with Crippen LogP contribution in [0.5, 0.6) is 0 Å². The third-order valence-electron chi connectivity index (χ3n) is 4.57. The topological polar surface area (TPSA) is 3.24 Å². The monoisotopic (exact) mass is 305 g/mol. The minimum absolute atomic E-state index is 0.135. The highest BCUT2D eigenvalue weighted by Crippen LogP contribution is 2.51. The molecule has 0 aromatic carbocycles. The summed E-state index contributed by atoms with van der Waals surface area (Å²) >= 11 is 0. The van der Waals surface area contributed by atoms with Crippen LogP contribution in [0.2, 0.25) is 0 Å². The van der Waals surface area contributed by atoms with Crippen LogP contribution in [0.25, 0.3) is 0 Å². The van der Waals surface area contributed by atoms with Gasteiger partial charge in [0, 0.05) is 0 Å². The van der Waals surface area contributed by atoms with Gasteiger partial charge in [-0.15, -0.1) is 0 Å². The third kappa shape index (κ3) is 3.23. The van der Waals surface area contributed by atoms with Crippen LogP contribution in [-0.2, 0) is 0 Å². The lowest BCUT2D eigenvalue weighted by molar-refractivity contribution is -0.261. The molecule has 20 heavy (non-hydrogen) atoms. The predicted molar refractivity (Wildman–Crippen MR) is 64.3 cm³/mol. The number of likely N-dealkylation sites (tertiary alicyclic amines) is 1. The maximum absolute atomic E-state index is 13.3. The highest BCUT2D eigenvalue weighted by atomic mass is 19.4. The number of hydrogen-bond acceptors (Lipinski definition) is 1. The van der Waals surface area contributed by atoms with Crippen LogP contribution in [0.1, 0.15) is 40.0 Å². The first kappa shape index (κ1) is 17.6. The molecule has 1 aliphatic rings. The standard InChI is InChI=1S/C13H21F6N/c1-4-10(12(14,15)16)20-7-5-11(6-8-20,9(2)3)13(17,18)19/h9-10H,4-8H2,1-3H3. The van der Waals surface area contributed by atoms with Gasteiger partial charge in [-0.25, -0.2) is 0 Å². The van der Waals surface area contributed by atoms with Gasteiger partial charge < -0.3 is 0 Å². The van der Waals surface area contributed by atoms with Crippen molar-refractivity contribution in [2.45, 2.75) is 58.4 Å². The number of rotatable bonds is 3. The number of piperidine rings is 1. The SMILES string of the molecule is CCC(N1CCC(C(C)C)(C(F)(F)F)CC1)C(F)(F)F. The second-order valence-corrected chi connectivity index (χ2v) is 5.81. The largest absolute Gasteiger partial charge is 0.404 e. The molecule has 1 saturated heterocycles. The smallest absolute Gasteiger partial charge is 0.292 e. The van der Waals surface area contributed by atoms with Crippen LogP contribution in [0, 0.1) is 11.3 Å². The van der Waals surface area contributed by atoms with Crippen molar-refractivity contribution in [2.75, 3.05) is 13.1 Å². The van der Waals surface area contributed by atoms with Crippen LogP contribution in [-0.4, -0.2) is 36.4 Å². The molecule has 0 aromatic heterocycles. The lowest BCUT2D eigenvalue weighted by atomic mass is 9.69. The Morgan fingerprint density at radius 2 is 1.45 bits per heavy atom. The summed E-state index contributed by atoms with van der Waals surface area (Å²) in [4.78, 5) is 1.15. The fraction of sp³-hybridized carbons (Fsp3) is 1.00. The van der Waals surface area contributed by atoms with Gasteiger partial charge in [0.25, 0.3) is 0 Å². The fourth-order valence-corrected chi connectivity index (χ4v) is 3.12. The number of alkyl halides is 6. The Morgan fingerprint density at radius 1 is 1.00 bits per heavy atom. The van der Waals surface area contributed by atoms with E-state index in [1.54, 1.807) is 0 Å². The maximum Gasteiger partial charge on any atom is 0.404 e. The molecule has 0 amide bonds. The zero-order chi connectivity index (χ0) is 15.8. The maximum atomic E-state index is 13.3. The summed E-state index contributed by atoms with van der Waals surface area (Å²) < 4.78 is 78.2. The van der Waals surface area contributed by atoms with Gasteiger partial charge in [0.15, 0.2) is 0 Å². The quantitative estimate of drug-likeness (QED) is 0.687. The summed E-state index contributed by atoms with van der Waals surface area (Å²) in [6.07, 6.45) is -9.41. The van der Waals surface area contributed by atoms with E-state index < -0.39 is 29.7 Å². The summed E-state index contributed by atoms with van der Waals surface area (Å²) in [5, 5.41) is 0. The molecule has 1 atom stereocenters. The van der Waals surface area contributed by atoms with Crippen molar-refractivity contribution in [1.82, 2.24) is 4.90 Å². The number of halogens is 6. The van der Waals surface area contributed by atoms with Gasteiger partial charge in [0.1, 0.15) is 6.04 Å². The molecule has 120 valence electrons.